The Balaban J connectivity index is 0.000000216. The summed E-state index contributed by atoms with van der Waals surface area (Å²) >= 11 is 0. The van der Waals surface area contributed by atoms with E-state index in [9.17, 15) is 20.4 Å². The van der Waals surface area contributed by atoms with Gasteiger partial charge in [-0.15, -0.1) is 11.2 Å². The van der Waals surface area contributed by atoms with Gasteiger partial charge in [-0.3, -0.25) is 0 Å². The second-order valence-corrected chi connectivity index (χ2v) is 14.7. The summed E-state index contributed by atoms with van der Waals surface area (Å²) in [5, 5.41) is 53.0. The molecule has 2 saturated heterocycles. The average molecular weight is 695 g/mol. The molecule has 2 heterocycles. The average Bonchev–Trinajstić information content (AvgIpc) is 3.74. The second kappa shape index (κ2) is 16.6. The Labute approximate surface area is 308 Å². The summed E-state index contributed by atoms with van der Waals surface area (Å²) < 4.78 is 0. The number of benzene rings is 4. The van der Waals surface area contributed by atoms with Gasteiger partial charge in [-0.2, -0.15) is 0 Å². The number of hydrogen-bond acceptors (Lipinski definition) is 6. The maximum atomic E-state index is 14.3. The Kier molecular flexibility index (Phi) is 13.2. The predicted octanol–water partition coefficient (Wildman–Crippen LogP) is 3.79. The zero-order valence-corrected chi connectivity index (χ0v) is 30.9. The molecule has 49 heavy (non-hydrogen) atoms. The van der Waals surface area contributed by atoms with Gasteiger partial charge in [0, 0.05) is 12.1 Å². The van der Waals surface area contributed by atoms with Gasteiger partial charge in [0.2, 0.25) is 0 Å². The van der Waals surface area contributed by atoms with Gasteiger partial charge in [0.1, 0.15) is 0 Å². The third-order valence-corrected chi connectivity index (χ3v) is 9.64. The number of nitrogens with zero attached hydrogens (tertiary/aromatic N) is 2. The maximum absolute atomic E-state index is 14.3. The van der Waals surface area contributed by atoms with E-state index < -0.39 is 22.4 Å². The Morgan fingerprint density at radius 2 is 0.714 bits per heavy atom. The smallest absolute Gasteiger partial charge is 0.849 e. The molecule has 7 heteroatoms. The van der Waals surface area contributed by atoms with Crippen LogP contribution in [0.3, 0.4) is 0 Å². The Morgan fingerprint density at radius 1 is 0.469 bits per heavy atom. The molecule has 0 spiro atoms. The summed E-state index contributed by atoms with van der Waals surface area (Å²) in [6, 6.07) is 38.0. The molecule has 256 valence electrons. The first-order valence-electron chi connectivity index (χ1n) is 17.3. The summed E-state index contributed by atoms with van der Waals surface area (Å²) in [4.78, 5) is 4.22. The monoisotopic (exact) mass is 694 g/mol. The predicted molar refractivity (Wildman–Crippen MR) is 185 cm³/mol. The zero-order valence-electron chi connectivity index (χ0n) is 29.4. The fourth-order valence-electron chi connectivity index (χ4n) is 7.78. The van der Waals surface area contributed by atoms with Crippen molar-refractivity contribution in [1.82, 2.24) is 9.80 Å². The van der Waals surface area contributed by atoms with Crippen LogP contribution >= 0.6 is 0 Å². The topological polar surface area (TPSA) is 98.7 Å². The van der Waals surface area contributed by atoms with E-state index in [2.05, 4.69) is 9.80 Å². The zero-order chi connectivity index (χ0) is 34.4. The molecule has 4 aromatic rings. The third-order valence-electron chi connectivity index (χ3n) is 9.64. The van der Waals surface area contributed by atoms with E-state index >= 15 is 0 Å². The standard InChI is InChI=1S/2C21H25NO2.Ti/c2*1-20(2,23)16-22-15-9-14-19(22)21(24,17-10-5-3-6-11-17)18-12-7-4-8-13-18;/h2*3-8,10-13,19H,9,14-16H2,1-2H3;/q2*-2;+4/t2*19-;/m00./s1. The normalized spacial score (nSPS) is 19.2. The summed E-state index contributed by atoms with van der Waals surface area (Å²) in [6.07, 6.45) is 3.57. The van der Waals surface area contributed by atoms with Gasteiger partial charge in [0.05, 0.1) is 0 Å². The largest absolute Gasteiger partial charge is 4.00 e. The van der Waals surface area contributed by atoms with Crippen LogP contribution in [0, 0.1) is 0 Å². The molecule has 6 nitrogen and oxygen atoms in total. The fourth-order valence-corrected chi connectivity index (χ4v) is 7.78. The van der Waals surface area contributed by atoms with E-state index in [-0.39, 0.29) is 33.8 Å². The van der Waals surface area contributed by atoms with Gasteiger partial charge < -0.3 is 30.2 Å². The number of likely N-dealkylation sites (tertiary alicyclic amines) is 2. The fraction of sp³-hybridized carbons (Fsp3) is 0.429. The van der Waals surface area contributed by atoms with E-state index in [4.69, 9.17) is 0 Å². The molecule has 0 unspecified atom stereocenters. The Bertz CT molecular complexity index is 1340. The maximum Gasteiger partial charge on any atom is 4.00 e. The van der Waals surface area contributed by atoms with Crippen LogP contribution in [0.15, 0.2) is 121 Å². The van der Waals surface area contributed by atoms with Gasteiger partial charge in [-0.25, -0.2) is 0 Å². The van der Waals surface area contributed by atoms with Gasteiger partial charge in [0.15, 0.2) is 0 Å². The van der Waals surface area contributed by atoms with Crippen molar-refractivity contribution in [2.24, 2.45) is 0 Å². The molecule has 2 aliphatic rings. The molecule has 4 aromatic carbocycles. The van der Waals surface area contributed by atoms with Crippen molar-refractivity contribution in [3.8, 4) is 0 Å². The van der Waals surface area contributed by atoms with Crippen LogP contribution in [0.5, 0.6) is 0 Å². The number of rotatable bonds is 10. The van der Waals surface area contributed by atoms with Crippen LogP contribution in [0.2, 0.25) is 0 Å². The first-order chi connectivity index (χ1) is 22.8. The van der Waals surface area contributed by atoms with E-state index in [0.717, 1.165) is 61.0 Å². The van der Waals surface area contributed by atoms with Crippen LogP contribution in [0.25, 0.3) is 0 Å². The van der Waals surface area contributed by atoms with Gasteiger partial charge >= 0.3 is 21.7 Å². The molecular formula is C42H50N2O4Ti. The van der Waals surface area contributed by atoms with Crippen LogP contribution in [-0.4, -0.2) is 59.3 Å². The SMILES string of the molecule is CC(C)([O-])CN1CCC[C@H]1C([O-])(c1ccccc1)c1ccccc1.CC(C)([O-])CN1CCC[C@H]1C([O-])(c1ccccc1)c1ccccc1.[Ti+4]. The summed E-state index contributed by atoms with van der Waals surface area (Å²) in [6.45, 7) is 9.22. The summed E-state index contributed by atoms with van der Waals surface area (Å²) in [5.74, 6) is 0. The van der Waals surface area contributed by atoms with E-state index in [0.29, 0.717) is 13.1 Å². The molecule has 0 aromatic heterocycles. The molecule has 0 amide bonds. The molecular weight excluding hydrogens is 644 g/mol. The van der Waals surface area contributed by atoms with E-state index in [1.165, 1.54) is 0 Å². The van der Waals surface area contributed by atoms with Crippen molar-refractivity contribution in [3.05, 3.63) is 144 Å². The van der Waals surface area contributed by atoms with Crippen LogP contribution in [-0.2, 0) is 32.9 Å². The first kappa shape index (κ1) is 39.1. The molecule has 0 aliphatic carbocycles. The van der Waals surface area contributed by atoms with Crippen molar-refractivity contribution < 1.29 is 42.1 Å². The van der Waals surface area contributed by atoms with Crippen molar-refractivity contribution in [1.29, 1.82) is 0 Å². The van der Waals surface area contributed by atoms with Gasteiger partial charge in [-0.05, 0) is 63.1 Å². The van der Waals surface area contributed by atoms with Crippen LogP contribution < -0.4 is 20.4 Å². The van der Waals surface area contributed by atoms with Crippen LogP contribution in [0.1, 0.15) is 75.6 Å². The molecule has 6 rings (SSSR count). The van der Waals surface area contributed by atoms with Crippen molar-refractivity contribution in [3.63, 3.8) is 0 Å². The molecule has 2 aliphatic heterocycles. The van der Waals surface area contributed by atoms with E-state index in [1.54, 1.807) is 27.7 Å². The van der Waals surface area contributed by atoms with Crippen LogP contribution in [0.4, 0.5) is 0 Å². The van der Waals surface area contributed by atoms with Crippen molar-refractivity contribution in [2.45, 2.75) is 87.9 Å². The Hall–Kier alpha value is -2.65. The number of hydrogen-bond donors (Lipinski definition) is 0. The van der Waals surface area contributed by atoms with Gasteiger partial charge in [0.25, 0.3) is 0 Å². The summed E-state index contributed by atoms with van der Waals surface area (Å²) in [7, 11) is 0. The molecule has 0 bridgehead atoms. The first-order valence-corrected chi connectivity index (χ1v) is 17.3. The minimum Gasteiger partial charge on any atom is -0.849 e. The molecule has 2 fully saturated rings. The minimum absolute atomic E-state index is 0. The van der Waals surface area contributed by atoms with Crippen molar-refractivity contribution in [2.75, 3.05) is 26.2 Å². The quantitative estimate of drug-likeness (QED) is 0.235. The van der Waals surface area contributed by atoms with Crippen molar-refractivity contribution >= 4 is 0 Å². The molecule has 2 atom stereocenters. The second-order valence-electron chi connectivity index (χ2n) is 14.7. The minimum atomic E-state index is -1.36. The Morgan fingerprint density at radius 3 is 0.939 bits per heavy atom. The third kappa shape index (κ3) is 9.38. The molecule has 0 radical (unpaired) electrons. The van der Waals surface area contributed by atoms with Gasteiger partial charge in [-0.1, -0.05) is 171 Å². The summed E-state index contributed by atoms with van der Waals surface area (Å²) in [5.41, 5.74) is -1.73. The molecule has 0 saturated carbocycles. The molecule has 0 N–H and O–H groups in total. The van der Waals surface area contributed by atoms with E-state index in [1.807, 2.05) is 121 Å².